The van der Waals surface area contributed by atoms with Crippen LogP contribution < -0.4 is 5.44 Å². The van der Waals surface area contributed by atoms with Crippen LogP contribution in [0, 0.1) is 0 Å². The second-order valence-electron chi connectivity index (χ2n) is 3.99. The lowest BCUT2D eigenvalue weighted by molar-refractivity contribution is 0.386. The predicted octanol–water partition coefficient (Wildman–Crippen LogP) is -0.105. The SMILES string of the molecule is O=P(O)(O)c1cnc2ccc(Cl)c(Cc3nn[nH]n3)n12. The molecule has 0 bridgehead atoms. The van der Waals surface area contributed by atoms with Crippen LogP contribution in [0.3, 0.4) is 0 Å². The summed E-state index contributed by atoms with van der Waals surface area (Å²) in [6.07, 6.45) is 1.29. The van der Waals surface area contributed by atoms with Crippen LogP contribution in [0.4, 0.5) is 0 Å². The molecule has 3 aromatic heterocycles. The van der Waals surface area contributed by atoms with Crippen LogP contribution in [0.2, 0.25) is 5.02 Å². The number of rotatable bonds is 3. The molecule has 0 aliphatic rings. The van der Waals surface area contributed by atoms with Crippen molar-refractivity contribution in [1.82, 2.24) is 30.0 Å². The molecule has 0 radical (unpaired) electrons. The molecule has 0 aliphatic carbocycles. The summed E-state index contributed by atoms with van der Waals surface area (Å²) in [5.74, 6) is 0.352. The first-order chi connectivity index (χ1) is 9.47. The van der Waals surface area contributed by atoms with Crippen molar-refractivity contribution >= 4 is 30.3 Å². The summed E-state index contributed by atoms with van der Waals surface area (Å²) in [5, 5.41) is 13.7. The molecule has 0 aliphatic heterocycles. The van der Waals surface area contributed by atoms with E-state index < -0.39 is 7.60 Å². The van der Waals surface area contributed by atoms with Crippen LogP contribution in [-0.2, 0) is 11.0 Å². The van der Waals surface area contributed by atoms with E-state index in [4.69, 9.17) is 11.6 Å². The Bertz CT molecular complexity index is 811. The Morgan fingerprint density at radius 3 is 2.85 bits per heavy atom. The third-order valence-electron chi connectivity index (χ3n) is 2.71. The summed E-state index contributed by atoms with van der Waals surface area (Å²) < 4.78 is 12.8. The molecule has 3 rings (SSSR count). The zero-order valence-electron chi connectivity index (χ0n) is 9.80. The van der Waals surface area contributed by atoms with Gasteiger partial charge >= 0.3 is 7.60 Å². The van der Waals surface area contributed by atoms with E-state index >= 15 is 0 Å². The number of aromatic nitrogens is 6. The molecule has 11 heteroatoms. The van der Waals surface area contributed by atoms with Crippen molar-refractivity contribution in [2.75, 3.05) is 0 Å². The minimum atomic E-state index is -4.48. The third-order valence-corrected chi connectivity index (χ3v) is 3.96. The molecule has 3 heterocycles. The number of fused-ring (bicyclic) bond motifs is 1. The summed E-state index contributed by atoms with van der Waals surface area (Å²) in [6.45, 7) is 0. The van der Waals surface area contributed by atoms with Gasteiger partial charge in [0.15, 0.2) is 11.3 Å². The number of aromatic amines is 1. The monoisotopic (exact) mass is 314 g/mol. The Labute approximate surface area is 116 Å². The van der Waals surface area contributed by atoms with Gasteiger partial charge in [-0.25, -0.2) is 4.98 Å². The fourth-order valence-corrected chi connectivity index (χ4v) is 2.78. The first-order valence-corrected chi connectivity index (χ1v) is 7.39. The van der Waals surface area contributed by atoms with E-state index in [0.29, 0.717) is 22.2 Å². The average Bonchev–Trinajstić information content (AvgIpc) is 3.00. The summed E-state index contributed by atoms with van der Waals surface area (Å²) in [6, 6.07) is 3.17. The van der Waals surface area contributed by atoms with Gasteiger partial charge in [-0.2, -0.15) is 5.21 Å². The first-order valence-electron chi connectivity index (χ1n) is 5.40. The largest absolute Gasteiger partial charge is 0.374 e. The maximum absolute atomic E-state index is 11.5. The number of nitrogens with one attached hydrogen (secondary N) is 1. The molecule has 0 atom stereocenters. The van der Waals surface area contributed by atoms with Gasteiger partial charge in [-0.15, -0.1) is 10.2 Å². The third kappa shape index (κ3) is 2.20. The van der Waals surface area contributed by atoms with Crippen molar-refractivity contribution in [1.29, 1.82) is 0 Å². The number of halogens is 1. The van der Waals surface area contributed by atoms with Crippen LogP contribution >= 0.6 is 19.2 Å². The highest BCUT2D eigenvalue weighted by Crippen LogP contribution is 2.34. The Morgan fingerprint density at radius 2 is 2.20 bits per heavy atom. The molecule has 20 heavy (non-hydrogen) atoms. The van der Waals surface area contributed by atoms with Gasteiger partial charge in [0.1, 0.15) is 5.65 Å². The van der Waals surface area contributed by atoms with Gasteiger partial charge < -0.3 is 9.79 Å². The van der Waals surface area contributed by atoms with Crippen molar-refractivity contribution in [2.24, 2.45) is 0 Å². The highest BCUT2D eigenvalue weighted by Gasteiger charge is 2.25. The number of nitrogens with zero attached hydrogens (tertiary/aromatic N) is 5. The van der Waals surface area contributed by atoms with Crippen molar-refractivity contribution < 1.29 is 14.4 Å². The van der Waals surface area contributed by atoms with E-state index in [1.54, 1.807) is 12.1 Å². The highest BCUT2D eigenvalue weighted by molar-refractivity contribution is 7.60. The van der Waals surface area contributed by atoms with Crippen LogP contribution in [0.15, 0.2) is 18.3 Å². The molecule has 104 valence electrons. The molecule has 0 spiro atoms. The molecular formula is C9H8ClN6O3P. The fourth-order valence-electron chi connectivity index (χ4n) is 1.88. The number of pyridine rings is 1. The zero-order valence-corrected chi connectivity index (χ0v) is 11.5. The smallest absolute Gasteiger partial charge is 0.320 e. The molecule has 0 amide bonds. The van der Waals surface area contributed by atoms with E-state index in [0.717, 1.165) is 6.20 Å². The van der Waals surface area contributed by atoms with Crippen molar-refractivity contribution in [3.05, 3.63) is 34.9 Å². The Morgan fingerprint density at radius 1 is 1.40 bits per heavy atom. The molecule has 0 unspecified atom stereocenters. The summed E-state index contributed by atoms with van der Waals surface area (Å²) in [5.41, 5.74) is 0.584. The van der Waals surface area contributed by atoms with Crippen molar-refractivity contribution in [2.45, 2.75) is 6.42 Å². The van der Waals surface area contributed by atoms with Crippen LogP contribution in [0.1, 0.15) is 11.5 Å². The highest BCUT2D eigenvalue weighted by atomic mass is 35.5. The quantitative estimate of drug-likeness (QED) is 0.575. The van der Waals surface area contributed by atoms with Gasteiger partial charge in [0, 0.05) is 0 Å². The van der Waals surface area contributed by atoms with Crippen LogP contribution in [-0.4, -0.2) is 39.8 Å². The molecule has 9 nitrogen and oxygen atoms in total. The van der Waals surface area contributed by atoms with E-state index in [-0.39, 0.29) is 11.9 Å². The molecule has 0 fully saturated rings. The van der Waals surface area contributed by atoms with Gasteiger partial charge in [-0.3, -0.25) is 8.97 Å². The Balaban J connectivity index is 2.26. The number of tetrazole rings is 1. The van der Waals surface area contributed by atoms with Crippen LogP contribution in [0.25, 0.3) is 5.65 Å². The zero-order chi connectivity index (χ0) is 14.3. The van der Waals surface area contributed by atoms with Gasteiger partial charge in [0.2, 0.25) is 0 Å². The predicted molar refractivity (Wildman–Crippen MR) is 68.9 cm³/mol. The molecule has 0 saturated carbocycles. The maximum atomic E-state index is 11.5. The van der Waals surface area contributed by atoms with E-state index in [2.05, 4.69) is 25.6 Å². The number of H-pyrrole nitrogens is 1. The van der Waals surface area contributed by atoms with Gasteiger partial charge in [-0.1, -0.05) is 16.8 Å². The second kappa shape index (κ2) is 4.64. The average molecular weight is 315 g/mol. The minimum absolute atomic E-state index is 0.163. The lowest BCUT2D eigenvalue weighted by atomic mass is 10.2. The van der Waals surface area contributed by atoms with E-state index in [1.165, 1.54) is 4.40 Å². The number of hydrogen-bond acceptors (Lipinski definition) is 5. The summed E-state index contributed by atoms with van der Waals surface area (Å²) >= 11 is 6.11. The Kier molecular flexibility index (Phi) is 3.06. The van der Waals surface area contributed by atoms with Crippen LogP contribution in [0.5, 0.6) is 0 Å². The molecule has 0 aromatic carbocycles. The standard InChI is InChI=1S/C9H8ClN6O3P/c10-5-1-2-8-11-4-9(20(17,18)19)16(8)6(5)3-7-12-14-15-13-7/h1-2,4H,3H2,(H2,17,18,19)(H,12,13,14,15). The topological polar surface area (TPSA) is 129 Å². The second-order valence-corrected chi connectivity index (χ2v) is 5.94. The fraction of sp³-hybridized carbons (Fsp3) is 0.111. The molecule has 0 saturated heterocycles. The van der Waals surface area contributed by atoms with Crippen molar-refractivity contribution in [3.63, 3.8) is 0 Å². The number of hydrogen-bond donors (Lipinski definition) is 3. The summed E-state index contributed by atoms with van der Waals surface area (Å²) in [7, 11) is -4.48. The maximum Gasteiger partial charge on any atom is 0.374 e. The van der Waals surface area contributed by atoms with E-state index in [9.17, 15) is 14.4 Å². The lowest BCUT2D eigenvalue weighted by Gasteiger charge is -2.10. The van der Waals surface area contributed by atoms with E-state index in [1.807, 2.05) is 0 Å². The normalized spacial score (nSPS) is 12.2. The van der Waals surface area contributed by atoms with Crippen molar-refractivity contribution in [3.8, 4) is 0 Å². The summed E-state index contributed by atoms with van der Waals surface area (Å²) in [4.78, 5) is 22.7. The Hall–Kier alpha value is -1.80. The lowest BCUT2D eigenvalue weighted by Crippen LogP contribution is -2.15. The van der Waals surface area contributed by atoms with Gasteiger partial charge in [0.25, 0.3) is 0 Å². The molecule has 3 N–H and O–H groups in total. The molecule has 3 aromatic rings. The first kappa shape index (κ1) is 13.2. The molecular weight excluding hydrogens is 307 g/mol. The number of imidazole rings is 1. The minimum Gasteiger partial charge on any atom is -0.320 e. The van der Waals surface area contributed by atoms with Gasteiger partial charge in [-0.05, 0) is 12.1 Å². The van der Waals surface area contributed by atoms with Gasteiger partial charge in [0.05, 0.1) is 23.3 Å².